The lowest BCUT2D eigenvalue weighted by molar-refractivity contribution is -0.944. The zero-order valence-electron chi connectivity index (χ0n) is 42.5. The van der Waals surface area contributed by atoms with Crippen molar-refractivity contribution in [2.24, 2.45) is 11.8 Å². The van der Waals surface area contributed by atoms with Crippen LogP contribution in [0.25, 0.3) is 0 Å². The van der Waals surface area contributed by atoms with Crippen LogP contribution in [-0.2, 0) is 48.5 Å². The summed E-state index contributed by atoms with van der Waals surface area (Å²) in [6.45, 7) is 14.1. The quantitative estimate of drug-likeness (QED) is 0.0546. The van der Waals surface area contributed by atoms with E-state index in [9.17, 15) is 34.5 Å². The van der Waals surface area contributed by atoms with E-state index in [-0.39, 0.29) is 24.0 Å². The van der Waals surface area contributed by atoms with Gasteiger partial charge in [0.05, 0.1) is 14.1 Å². The molecule has 386 valence electrons. The van der Waals surface area contributed by atoms with Gasteiger partial charge in [0.15, 0.2) is 5.79 Å². The van der Waals surface area contributed by atoms with Gasteiger partial charge in [-0.1, -0.05) is 186 Å². The topological polar surface area (TPSA) is 18.5 Å². The molecule has 8 rings (SSSR count). The molecule has 1 heterocycles. The molecule has 2 fully saturated rings. The summed E-state index contributed by atoms with van der Waals surface area (Å²) in [4.78, 5) is 0. The van der Waals surface area contributed by atoms with E-state index in [4.69, 9.17) is 9.47 Å². The lowest BCUT2D eigenvalue weighted by atomic mass is 9.71. The maximum atomic E-state index is 9.75. The van der Waals surface area contributed by atoms with Crippen molar-refractivity contribution in [1.29, 1.82) is 0 Å². The minimum atomic E-state index is -6.00. The fourth-order valence-electron chi connectivity index (χ4n) is 10.8. The molecule has 0 N–H and O–H groups in total. The highest BCUT2D eigenvalue weighted by Gasteiger charge is 2.60. The van der Waals surface area contributed by atoms with Gasteiger partial charge in [-0.2, -0.15) is 0 Å². The third-order valence-electron chi connectivity index (χ3n) is 14.0. The molecule has 0 aromatic heterocycles. The molecule has 6 aromatic rings. The first-order valence-corrected chi connectivity index (χ1v) is 25.0. The van der Waals surface area contributed by atoms with Gasteiger partial charge in [-0.25, -0.2) is 0 Å². The number of hydrogen-bond acceptors (Lipinski definition) is 2. The maximum Gasteiger partial charge on any atom is 0.673 e. The third-order valence-corrected chi connectivity index (χ3v) is 14.0. The highest BCUT2D eigenvalue weighted by Crippen LogP contribution is 2.51. The number of ether oxygens (including phenoxy) is 2. The Morgan fingerprint density at radius 3 is 0.903 bits per heavy atom. The Balaban J connectivity index is 0.000000772. The minimum absolute atomic E-state index is 0.112. The van der Waals surface area contributed by atoms with Crippen LogP contribution in [0.4, 0.5) is 34.5 Å². The van der Waals surface area contributed by atoms with Gasteiger partial charge in [0.1, 0.15) is 51.5 Å². The minimum Gasteiger partial charge on any atom is -0.418 e. The average molecular weight is 1000 g/mol. The number of nitrogens with zero attached hydrogens (tertiary/aromatic N) is 2. The molecule has 0 radical (unpaired) electrons. The van der Waals surface area contributed by atoms with E-state index >= 15 is 0 Å². The Kier molecular flexibility index (Phi) is 19.2. The second-order valence-electron chi connectivity index (χ2n) is 20.9. The van der Waals surface area contributed by atoms with Crippen LogP contribution >= 0.6 is 0 Å². The van der Waals surface area contributed by atoms with Gasteiger partial charge < -0.3 is 53.0 Å². The molecular weight excluding hydrogens is 930 g/mol. The van der Waals surface area contributed by atoms with Gasteiger partial charge in [0, 0.05) is 34.1 Å². The van der Waals surface area contributed by atoms with Crippen LogP contribution < -0.4 is 0 Å². The zero-order chi connectivity index (χ0) is 52.2. The lowest BCUT2D eigenvalue weighted by Crippen LogP contribution is -2.54. The molecule has 72 heavy (non-hydrogen) atoms. The second-order valence-corrected chi connectivity index (χ2v) is 20.9. The van der Waals surface area contributed by atoms with Crippen LogP contribution in [0.2, 0.25) is 0 Å². The highest BCUT2D eigenvalue weighted by molar-refractivity contribution is 6.50. The molecule has 1 saturated heterocycles. The molecular formula is C58H70B2F8N2O2. The number of hydrogen-bond donors (Lipinski definition) is 0. The van der Waals surface area contributed by atoms with Crippen LogP contribution in [0.15, 0.2) is 158 Å². The number of benzene rings is 6. The predicted octanol–water partition coefficient (Wildman–Crippen LogP) is 14.9. The van der Waals surface area contributed by atoms with Crippen LogP contribution in [0.1, 0.15) is 74.9 Å². The summed E-state index contributed by atoms with van der Waals surface area (Å²) >= 11 is 0. The van der Waals surface area contributed by atoms with Crippen molar-refractivity contribution < 1.29 is 53.0 Å². The Labute approximate surface area is 422 Å². The third kappa shape index (κ3) is 18.0. The van der Waals surface area contributed by atoms with E-state index < -0.39 is 20.3 Å². The van der Waals surface area contributed by atoms with Gasteiger partial charge in [-0.05, 0) is 64.5 Å². The second kappa shape index (κ2) is 24.6. The summed E-state index contributed by atoms with van der Waals surface area (Å²) < 4.78 is 95.7. The van der Waals surface area contributed by atoms with Crippen molar-refractivity contribution in [2.75, 3.05) is 27.2 Å². The molecule has 4 nitrogen and oxygen atoms in total. The lowest BCUT2D eigenvalue weighted by Gasteiger charge is -2.46. The molecule has 0 amide bonds. The Morgan fingerprint density at radius 2 is 0.653 bits per heavy atom. The van der Waals surface area contributed by atoms with Crippen molar-refractivity contribution >= 4 is 14.5 Å². The van der Waals surface area contributed by atoms with Gasteiger partial charge in [0.25, 0.3) is 0 Å². The molecule has 1 saturated carbocycles. The zero-order valence-corrected chi connectivity index (χ0v) is 42.5. The van der Waals surface area contributed by atoms with Crippen molar-refractivity contribution in [3.05, 3.63) is 213 Å². The van der Waals surface area contributed by atoms with E-state index in [1.165, 1.54) is 62.1 Å². The first-order chi connectivity index (χ1) is 33.9. The van der Waals surface area contributed by atoms with Crippen LogP contribution in [0.3, 0.4) is 0 Å². The van der Waals surface area contributed by atoms with E-state index in [0.29, 0.717) is 0 Å². The van der Waals surface area contributed by atoms with E-state index in [2.05, 4.69) is 200 Å². The molecule has 1 aliphatic heterocycles. The van der Waals surface area contributed by atoms with Gasteiger partial charge in [-0.3, -0.25) is 0 Å². The Bertz CT molecular complexity index is 2260. The van der Waals surface area contributed by atoms with E-state index in [1.54, 1.807) is 0 Å². The summed E-state index contributed by atoms with van der Waals surface area (Å²) in [6, 6.07) is 59.0. The smallest absolute Gasteiger partial charge is 0.418 e. The molecule has 1 aliphatic carbocycles. The molecule has 4 unspecified atom stereocenters. The normalized spacial score (nSPS) is 20.3. The van der Waals surface area contributed by atoms with Crippen LogP contribution in [0.5, 0.6) is 0 Å². The fraction of sp³-hybridized carbons (Fsp3) is 0.379. The van der Waals surface area contributed by atoms with Crippen LogP contribution in [0, 0.1) is 39.5 Å². The molecule has 14 heteroatoms. The van der Waals surface area contributed by atoms with E-state index in [0.717, 1.165) is 73.9 Å². The van der Waals surface area contributed by atoms with Crippen molar-refractivity contribution in [2.45, 2.75) is 104 Å². The molecule has 2 aliphatic rings. The van der Waals surface area contributed by atoms with Crippen molar-refractivity contribution in [3.8, 4) is 0 Å². The Morgan fingerprint density at radius 1 is 0.403 bits per heavy atom. The standard InChI is InChI=1S/C58H70N2O2.2BF4/c1-44-20-28-50(29-21-44)38-59(5,39-51-30-22-45(2)23-31-51)42-56-57(43-60(6,40-52-32-24-46(3)25-33-52)41-53-34-26-47(4)27-35-53)62-58(61-56)54(36-48-14-9-7-10-15-48)18-13-19-55(58)37-49-16-11-8-12-17-49;2*2-1(3,4)5/h7-12,14-17,20-35,54-57H,13,18-19,36-43H2,1-6H3;;/q+2;2*-1. The summed E-state index contributed by atoms with van der Waals surface area (Å²) in [5.74, 6) is -0.238. The van der Waals surface area contributed by atoms with E-state index in [1.807, 2.05) is 0 Å². The SMILES string of the molecule is Cc1ccc(C[N+](C)(Cc2ccc(C)cc2)CC2OC3(OC2C[N+](C)(Cc2ccc(C)cc2)Cc2ccc(C)cc2)C(Cc2ccccc2)CCCC3Cc2ccccc2)cc1.F[B-](F)(F)F.F[B-](F)(F)F. The Hall–Kier alpha value is -5.27. The number of aryl methyl sites for hydroxylation is 4. The molecule has 4 atom stereocenters. The number of quaternary nitrogens is 2. The van der Waals surface area contributed by atoms with Crippen molar-refractivity contribution in [3.63, 3.8) is 0 Å². The average Bonchev–Trinajstić information content (AvgIpc) is 3.64. The summed E-state index contributed by atoms with van der Waals surface area (Å²) in [7, 11) is -7.08. The predicted molar refractivity (Wildman–Crippen MR) is 276 cm³/mol. The first-order valence-electron chi connectivity index (χ1n) is 25.0. The van der Waals surface area contributed by atoms with Crippen LogP contribution in [-0.4, -0.2) is 68.7 Å². The fourth-order valence-corrected chi connectivity index (χ4v) is 10.8. The summed E-state index contributed by atoms with van der Waals surface area (Å²) in [5.41, 5.74) is 13.3. The van der Waals surface area contributed by atoms with Crippen molar-refractivity contribution in [1.82, 2.24) is 0 Å². The number of likely N-dealkylation sites (N-methyl/N-ethyl adjacent to an activating group) is 2. The first kappa shape index (κ1) is 56.0. The molecule has 1 spiro atoms. The number of rotatable bonds is 16. The summed E-state index contributed by atoms with van der Waals surface area (Å²) in [5, 5.41) is 0. The number of halogens is 8. The van der Waals surface area contributed by atoms with Gasteiger partial charge in [-0.15, -0.1) is 0 Å². The monoisotopic (exact) mass is 1000 g/mol. The van der Waals surface area contributed by atoms with Gasteiger partial charge in [0.2, 0.25) is 0 Å². The molecule has 0 bridgehead atoms. The maximum absolute atomic E-state index is 9.75. The summed E-state index contributed by atoms with van der Waals surface area (Å²) in [6.07, 6.45) is 5.04. The molecule has 6 aromatic carbocycles. The largest absolute Gasteiger partial charge is 0.673 e. The highest BCUT2D eigenvalue weighted by atomic mass is 19.5. The van der Waals surface area contributed by atoms with Gasteiger partial charge >= 0.3 is 14.5 Å².